The number of furan rings is 2. The predicted molar refractivity (Wildman–Crippen MR) is 204 cm³/mol. The van der Waals surface area contributed by atoms with Crippen molar-refractivity contribution in [1.29, 1.82) is 0 Å². The van der Waals surface area contributed by atoms with Crippen molar-refractivity contribution in [2.24, 2.45) is 0 Å². The third-order valence-electron chi connectivity index (χ3n) is 9.50. The minimum Gasteiger partial charge on any atom is -0.456 e. The third-order valence-corrected chi connectivity index (χ3v) is 9.50. The Hall–Kier alpha value is -6.78. The third kappa shape index (κ3) is 4.69. The van der Waals surface area contributed by atoms with E-state index < -0.39 is 0 Å². The summed E-state index contributed by atoms with van der Waals surface area (Å²) in [4.78, 5) is 10.1. The second-order valence-electron chi connectivity index (χ2n) is 12.6. The lowest BCUT2D eigenvalue weighted by Gasteiger charge is -2.10. The molecule has 10 rings (SSSR count). The maximum atomic E-state index is 6.60. The zero-order valence-electron chi connectivity index (χ0n) is 26.9. The van der Waals surface area contributed by atoms with E-state index in [-0.39, 0.29) is 0 Å². The number of rotatable bonds is 5. The summed E-state index contributed by atoms with van der Waals surface area (Å²) in [5.74, 6) is 0.686. The molecule has 0 saturated heterocycles. The van der Waals surface area contributed by atoms with Crippen molar-refractivity contribution in [2.75, 3.05) is 0 Å². The van der Waals surface area contributed by atoms with E-state index in [2.05, 4.69) is 103 Å². The summed E-state index contributed by atoms with van der Waals surface area (Å²) in [6.07, 6.45) is 0. The SMILES string of the molecule is c1ccc(-c2cc(-c3cccc4oc5cc(-c6cc(-c7ccccc7)c7oc8ccccc8c7c6)ccc5c34)nc(-c3ccccc3)n2)cc1. The van der Waals surface area contributed by atoms with Crippen LogP contribution in [0.5, 0.6) is 0 Å². The van der Waals surface area contributed by atoms with Crippen molar-refractivity contribution in [3.05, 3.63) is 170 Å². The fourth-order valence-electron chi connectivity index (χ4n) is 7.10. The maximum Gasteiger partial charge on any atom is 0.160 e. The van der Waals surface area contributed by atoms with E-state index in [1.165, 1.54) is 0 Å². The zero-order chi connectivity index (χ0) is 33.0. The quantitative estimate of drug-likeness (QED) is 0.188. The Bertz CT molecular complexity index is 2800. The standard InChI is InChI=1S/C46H28N2O2/c1-4-13-29(14-5-1)37-25-33(26-38-34-19-10-11-21-41(34)50-45(37)38)32-23-24-36-43(27-32)49-42-22-12-20-35(44(36)42)40-28-39(30-15-6-2-7-16-30)47-46(48-40)31-17-8-3-9-18-31/h1-28H. The summed E-state index contributed by atoms with van der Waals surface area (Å²) >= 11 is 0. The molecule has 0 saturated carbocycles. The lowest BCUT2D eigenvalue weighted by molar-refractivity contribution is 0.669. The average molecular weight is 641 g/mol. The van der Waals surface area contributed by atoms with Crippen molar-refractivity contribution in [3.8, 4) is 56.2 Å². The van der Waals surface area contributed by atoms with Crippen LogP contribution in [0.15, 0.2) is 179 Å². The number of para-hydroxylation sites is 1. The van der Waals surface area contributed by atoms with Crippen LogP contribution in [0.3, 0.4) is 0 Å². The Labute approximate surface area is 287 Å². The van der Waals surface area contributed by atoms with Gasteiger partial charge in [-0.05, 0) is 59.2 Å². The highest BCUT2D eigenvalue weighted by molar-refractivity contribution is 6.14. The normalized spacial score (nSPS) is 11.6. The molecule has 50 heavy (non-hydrogen) atoms. The molecule has 0 unspecified atom stereocenters. The van der Waals surface area contributed by atoms with Gasteiger partial charge in [0.15, 0.2) is 5.82 Å². The molecule has 4 heteroatoms. The lowest BCUT2D eigenvalue weighted by Crippen LogP contribution is -1.96. The van der Waals surface area contributed by atoms with E-state index >= 15 is 0 Å². The van der Waals surface area contributed by atoms with Gasteiger partial charge in [0.2, 0.25) is 0 Å². The first-order valence-corrected chi connectivity index (χ1v) is 16.7. The molecular weight excluding hydrogens is 613 g/mol. The van der Waals surface area contributed by atoms with Gasteiger partial charge in [-0.15, -0.1) is 0 Å². The molecule has 10 aromatic rings. The second kappa shape index (κ2) is 11.4. The summed E-state index contributed by atoms with van der Waals surface area (Å²) in [5.41, 5.74) is 12.5. The Morgan fingerprint density at radius 1 is 0.340 bits per heavy atom. The molecule has 0 bridgehead atoms. The van der Waals surface area contributed by atoms with Crippen LogP contribution in [-0.4, -0.2) is 9.97 Å². The van der Waals surface area contributed by atoms with Crippen molar-refractivity contribution in [2.45, 2.75) is 0 Å². The molecule has 0 fully saturated rings. The van der Waals surface area contributed by atoms with Gasteiger partial charge < -0.3 is 8.83 Å². The molecule has 0 amide bonds. The van der Waals surface area contributed by atoms with Crippen molar-refractivity contribution in [1.82, 2.24) is 9.97 Å². The van der Waals surface area contributed by atoms with Crippen molar-refractivity contribution >= 4 is 43.9 Å². The fraction of sp³-hybridized carbons (Fsp3) is 0. The topological polar surface area (TPSA) is 52.1 Å². The molecule has 4 nitrogen and oxygen atoms in total. The summed E-state index contributed by atoms with van der Waals surface area (Å²) in [6, 6.07) is 58.4. The minimum absolute atomic E-state index is 0.686. The molecule has 234 valence electrons. The van der Waals surface area contributed by atoms with Gasteiger partial charge in [-0.3, -0.25) is 0 Å². The average Bonchev–Trinajstić information content (AvgIpc) is 3.76. The minimum atomic E-state index is 0.686. The Morgan fingerprint density at radius 3 is 1.82 bits per heavy atom. The smallest absolute Gasteiger partial charge is 0.160 e. The van der Waals surface area contributed by atoms with Gasteiger partial charge in [0.05, 0.1) is 11.4 Å². The zero-order valence-corrected chi connectivity index (χ0v) is 26.9. The van der Waals surface area contributed by atoms with Gasteiger partial charge in [-0.1, -0.05) is 127 Å². The number of hydrogen-bond acceptors (Lipinski definition) is 4. The number of fused-ring (bicyclic) bond motifs is 6. The van der Waals surface area contributed by atoms with Crippen LogP contribution < -0.4 is 0 Å². The molecule has 3 heterocycles. The van der Waals surface area contributed by atoms with Crippen LogP contribution in [0.1, 0.15) is 0 Å². The number of hydrogen-bond donors (Lipinski definition) is 0. The highest BCUT2D eigenvalue weighted by Gasteiger charge is 2.19. The van der Waals surface area contributed by atoms with Gasteiger partial charge >= 0.3 is 0 Å². The van der Waals surface area contributed by atoms with E-state index in [0.29, 0.717) is 5.82 Å². The highest BCUT2D eigenvalue weighted by atomic mass is 16.3. The maximum absolute atomic E-state index is 6.60. The molecular formula is C46H28N2O2. The molecule has 0 aliphatic heterocycles. The second-order valence-corrected chi connectivity index (χ2v) is 12.6. The first kappa shape index (κ1) is 28.3. The van der Waals surface area contributed by atoms with E-state index in [9.17, 15) is 0 Å². The summed E-state index contributed by atoms with van der Waals surface area (Å²) in [7, 11) is 0. The van der Waals surface area contributed by atoms with Crippen molar-refractivity contribution in [3.63, 3.8) is 0 Å². The molecule has 0 atom stereocenters. The lowest BCUT2D eigenvalue weighted by atomic mass is 9.95. The van der Waals surface area contributed by atoms with Gasteiger partial charge in [0.25, 0.3) is 0 Å². The van der Waals surface area contributed by atoms with Crippen LogP contribution in [0.4, 0.5) is 0 Å². The number of aromatic nitrogens is 2. The van der Waals surface area contributed by atoms with Crippen LogP contribution in [-0.2, 0) is 0 Å². The summed E-state index contributed by atoms with van der Waals surface area (Å²) < 4.78 is 13.0. The Morgan fingerprint density at radius 2 is 1.02 bits per heavy atom. The molecule has 0 spiro atoms. The van der Waals surface area contributed by atoms with Crippen LogP contribution in [0, 0.1) is 0 Å². The fourth-order valence-corrected chi connectivity index (χ4v) is 7.10. The molecule has 0 N–H and O–H groups in total. The van der Waals surface area contributed by atoms with E-state index in [0.717, 1.165) is 94.2 Å². The van der Waals surface area contributed by atoms with E-state index in [1.807, 2.05) is 66.7 Å². The number of benzene rings is 7. The Kier molecular flexibility index (Phi) is 6.46. The Balaban J connectivity index is 1.16. The first-order chi connectivity index (χ1) is 24.8. The van der Waals surface area contributed by atoms with E-state index in [1.54, 1.807) is 0 Å². The molecule has 3 aromatic heterocycles. The van der Waals surface area contributed by atoms with Crippen LogP contribution in [0.2, 0.25) is 0 Å². The van der Waals surface area contributed by atoms with Gasteiger partial charge in [0.1, 0.15) is 22.3 Å². The van der Waals surface area contributed by atoms with Crippen LogP contribution >= 0.6 is 0 Å². The van der Waals surface area contributed by atoms with Crippen molar-refractivity contribution < 1.29 is 8.83 Å². The summed E-state index contributed by atoms with van der Waals surface area (Å²) in [5, 5.41) is 4.27. The first-order valence-electron chi connectivity index (χ1n) is 16.7. The summed E-state index contributed by atoms with van der Waals surface area (Å²) in [6.45, 7) is 0. The van der Waals surface area contributed by atoms with Gasteiger partial charge in [0, 0.05) is 43.8 Å². The van der Waals surface area contributed by atoms with E-state index in [4.69, 9.17) is 18.8 Å². The largest absolute Gasteiger partial charge is 0.456 e. The van der Waals surface area contributed by atoms with Crippen LogP contribution in [0.25, 0.3) is 100 Å². The molecule has 7 aromatic carbocycles. The van der Waals surface area contributed by atoms with Gasteiger partial charge in [-0.25, -0.2) is 9.97 Å². The van der Waals surface area contributed by atoms with Gasteiger partial charge in [-0.2, -0.15) is 0 Å². The number of nitrogens with zero attached hydrogens (tertiary/aromatic N) is 2. The highest BCUT2D eigenvalue weighted by Crippen LogP contribution is 2.42. The molecule has 0 radical (unpaired) electrons. The monoisotopic (exact) mass is 640 g/mol. The molecule has 0 aliphatic carbocycles. The predicted octanol–water partition coefficient (Wildman–Crippen LogP) is 12.6. The molecule has 0 aliphatic rings.